The molecule has 1 aromatic carbocycles. The summed E-state index contributed by atoms with van der Waals surface area (Å²) in [6.45, 7) is 0. The molecule has 0 saturated carbocycles. The highest BCUT2D eigenvalue weighted by Gasteiger charge is 2.30. The number of anilines is 1. The molecule has 0 radical (unpaired) electrons. The summed E-state index contributed by atoms with van der Waals surface area (Å²) in [6, 6.07) is 4.25. The SMILES string of the molecule is O=C(C=S(=O)=O)Nc1ccc(OC(F)(F)F)cc1. The molecule has 0 fully saturated rings. The summed E-state index contributed by atoms with van der Waals surface area (Å²) in [5.41, 5.74) is 0.135. The normalized spacial score (nSPS) is 10.6. The molecule has 5 nitrogen and oxygen atoms in total. The molecule has 18 heavy (non-hydrogen) atoms. The zero-order valence-corrected chi connectivity index (χ0v) is 9.38. The highest BCUT2D eigenvalue weighted by atomic mass is 32.2. The maximum absolute atomic E-state index is 11.8. The molecule has 0 aliphatic heterocycles. The molecule has 1 amide bonds. The molecule has 0 bridgehead atoms. The molecule has 0 spiro atoms. The van der Waals surface area contributed by atoms with Crippen LogP contribution in [0.4, 0.5) is 18.9 Å². The summed E-state index contributed by atoms with van der Waals surface area (Å²) in [7, 11) is -2.65. The van der Waals surface area contributed by atoms with Gasteiger partial charge in [-0.05, 0) is 24.3 Å². The van der Waals surface area contributed by atoms with Crippen molar-refractivity contribution in [3.8, 4) is 5.75 Å². The first kappa shape index (κ1) is 14.0. The first-order chi connectivity index (χ1) is 8.26. The molecule has 0 atom stereocenters. The average molecular weight is 281 g/mol. The quantitative estimate of drug-likeness (QED) is 0.845. The van der Waals surface area contributed by atoms with Gasteiger partial charge in [-0.3, -0.25) is 4.79 Å². The van der Waals surface area contributed by atoms with Crippen molar-refractivity contribution < 1.29 is 31.1 Å². The van der Waals surface area contributed by atoms with Crippen LogP contribution in [-0.2, 0) is 15.1 Å². The fourth-order valence-corrected chi connectivity index (χ4v) is 1.23. The Hall–Kier alpha value is -2.03. The molecular weight excluding hydrogens is 275 g/mol. The molecule has 0 aliphatic carbocycles. The van der Waals surface area contributed by atoms with Gasteiger partial charge in [0.2, 0.25) is 10.3 Å². The highest BCUT2D eigenvalue weighted by Crippen LogP contribution is 2.23. The van der Waals surface area contributed by atoms with E-state index in [0.717, 1.165) is 24.3 Å². The lowest BCUT2D eigenvalue weighted by atomic mass is 10.3. The minimum atomic E-state index is -4.79. The first-order valence-electron chi connectivity index (χ1n) is 4.36. The second-order valence-corrected chi connectivity index (χ2v) is 3.70. The van der Waals surface area contributed by atoms with Crippen LogP contribution in [0.5, 0.6) is 5.75 Å². The van der Waals surface area contributed by atoms with Gasteiger partial charge < -0.3 is 10.1 Å². The van der Waals surface area contributed by atoms with Gasteiger partial charge in [0, 0.05) is 5.69 Å². The van der Waals surface area contributed by atoms with Crippen molar-refractivity contribution in [3.05, 3.63) is 24.3 Å². The van der Waals surface area contributed by atoms with Crippen LogP contribution >= 0.6 is 0 Å². The van der Waals surface area contributed by atoms with Gasteiger partial charge in [-0.2, -0.15) is 8.42 Å². The van der Waals surface area contributed by atoms with E-state index in [-0.39, 0.29) is 5.69 Å². The molecule has 98 valence electrons. The Labute approximate surface area is 101 Å². The van der Waals surface area contributed by atoms with Crippen molar-refractivity contribution in [1.82, 2.24) is 0 Å². The number of amides is 1. The summed E-state index contributed by atoms with van der Waals surface area (Å²) in [6.07, 6.45) is -4.79. The number of carbonyl (C=O) groups excluding carboxylic acids is 1. The summed E-state index contributed by atoms with van der Waals surface area (Å²) in [4.78, 5) is 11.0. The molecule has 0 heterocycles. The maximum atomic E-state index is 11.8. The maximum Gasteiger partial charge on any atom is 0.573 e. The van der Waals surface area contributed by atoms with E-state index < -0.39 is 28.3 Å². The Morgan fingerprint density at radius 1 is 1.22 bits per heavy atom. The van der Waals surface area contributed by atoms with Gasteiger partial charge in [-0.25, -0.2) is 0 Å². The molecule has 0 unspecified atom stereocenters. The van der Waals surface area contributed by atoms with Crippen molar-refractivity contribution >= 4 is 27.3 Å². The van der Waals surface area contributed by atoms with Gasteiger partial charge in [0.1, 0.15) is 11.1 Å². The summed E-state index contributed by atoms with van der Waals surface area (Å²) >= 11 is 0. The van der Waals surface area contributed by atoms with Crippen LogP contribution in [0.2, 0.25) is 0 Å². The molecule has 0 aliphatic rings. The van der Waals surface area contributed by atoms with Crippen LogP contribution in [0.25, 0.3) is 0 Å². The Morgan fingerprint density at radius 2 is 1.78 bits per heavy atom. The number of alkyl halides is 3. The van der Waals surface area contributed by atoms with Crippen LogP contribution in [-0.4, -0.2) is 26.1 Å². The number of hydrogen-bond acceptors (Lipinski definition) is 4. The largest absolute Gasteiger partial charge is 0.573 e. The lowest BCUT2D eigenvalue weighted by Gasteiger charge is -2.09. The van der Waals surface area contributed by atoms with Gasteiger partial charge in [-0.15, -0.1) is 13.2 Å². The predicted octanol–water partition coefficient (Wildman–Crippen LogP) is 1.20. The van der Waals surface area contributed by atoms with Crippen molar-refractivity contribution in [3.63, 3.8) is 0 Å². The minimum absolute atomic E-state index is 0.135. The van der Waals surface area contributed by atoms with E-state index >= 15 is 0 Å². The van der Waals surface area contributed by atoms with E-state index in [4.69, 9.17) is 0 Å². The van der Waals surface area contributed by atoms with Gasteiger partial charge in [0.25, 0.3) is 5.91 Å². The van der Waals surface area contributed by atoms with Crippen LogP contribution in [0.15, 0.2) is 24.3 Å². The molecule has 0 saturated heterocycles. The molecule has 1 rings (SSSR count). The predicted molar refractivity (Wildman–Crippen MR) is 56.7 cm³/mol. The Balaban J connectivity index is 2.72. The van der Waals surface area contributed by atoms with E-state index in [1.54, 1.807) is 0 Å². The standard InChI is InChI=1S/C9H6F3NO4S/c10-9(11,12)17-7-3-1-6(2-4-7)13-8(14)5-18(15)16/h1-5H,(H,13,14). The van der Waals surface area contributed by atoms with E-state index in [1.165, 1.54) is 0 Å². The lowest BCUT2D eigenvalue weighted by molar-refractivity contribution is -0.274. The smallest absolute Gasteiger partial charge is 0.406 e. The molecule has 9 heteroatoms. The van der Waals surface area contributed by atoms with Crippen molar-refractivity contribution in [2.75, 3.05) is 5.32 Å². The minimum Gasteiger partial charge on any atom is -0.406 e. The summed E-state index contributed by atoms with van der Waals surface area (Å²) in [5.74, 6) is -1.36. The van der Waals surface area contributed by atoms with E-state index in [2.05, 4.69) is 10.1 Å². The van der Waals surface area contributed by atoms with Crippen LogP contribution in [0, 0.1) is 0 Å². The third-order valence-electron chi connectivity index (χ3n) is 1.56. The third-order valence-corrected chi connectivity index (χ3v) is 1.97. The molecular formula is C9H6F3NO4S. The number of nitrogens with one attached hydrogen (secondary N) is 1. The van der Waals surface area contributed by atoms with Gasteiger partial charge in [-0.1, -0.05) is 0 Å². The van der Waals surface area contributed by atoms with Crippen molar-refractivity contribution in [1.29, 1.82) is 0 Å². The average Bonchev–Trinajstić information content (AvgIpc) is 2.17. The van der Waals surface area contributed by atoms with Crippen LogP contribution in [0.3, 0.4) is 0 Å². The number of ether oxygens (including phenoxy) is 1. The zero-order valence-electron chi connectivity index (χ0n) is 8.56. The van der Waals surface area contributed by atoms with Crippen molar-refractivity contribution in [2.24, 2.45) is 0 Å². The first-order valence-corrected chi connectivity index (χ1v) is 5.50. The second-order valence-electron chi connectivity index (χ2n) is 2.94. The van der Waals surface area contributed by atoms with E-state index in [1.807, 2.05) is 0 Å². The third kappa shape index (κ3) is 5.34. The number of rotatable bonds is 3. The monoisotopic (exact) mass is 281 g/mol. The van der Waals surface area contributed by atoms with Crippen molar-refractivity contribution in [2.45, 2.75) is 6.36 Å². The Kier molecular flexibility index (Phi) is 4.32. The second kappa shape index (κ2) is 5.54. The topological polar surface area (TPSA) is 72.5 Å². The number of halogens is 3. The van der Waals surface area contributed by atoms with Gasteiger partial charge in [0.05, 0.1) is 0 Å². The van der Waals surface area contributed by atoms with Gasteiger partial charge in [0.15, 0.2) is 0 Å². The Morgan fingerprint density at radius 3 is 2.22 bits per heavy atom. The number of carbonyl (C=O) groups is 1. The van der Waals surface area contributed by atoms with Gasteiger partial charge >= 0.3 is 6.36 Å². The highest BCUT2D eigenvalue weighted by molar-refractivity contribution is 7.73. The zero-order chi connectivity index (χ0) is 13.8. The Bertz CT molecular complexity index is 554. The fraction of sp³-hybridized carbons (Fsp3) is 0.111. The van der Waals surface area contributed by atoms with E-state index in [9.17, 15) is 26.4 Å². The van der Waals surface area contributed by atoms with Crippen LogP contribution < -0.4 is 10.1 Å². The summed E-state index contributed by atoms with van der Waals surface area (Å²) in [5, 5.41) is 2.53. The molecule has 1 N–H and O–H groups in total. The number of benzene rings is 1. The molecule has 0 aromatic heterocycles. The van der Waals surface area contributed by atoms with E-state index in [0.29, 0.717) is 5.37 Å². The molecule has 1 aromatic rings. The summed E-state index contributed by atoms with van der Waals surface area (Å²) < 4.78 is 59.4. The number of hydrogen-bond donors (Lipinski definition) is 1. The fourth-order valence-electron chi connectivity index (χ4n) is 0.999. The lowest BCUT2D eigenvalue weighted by Crippen LogP contribution is -2.17. The van der Waals surface area contributed by atoms with Crippen LogP contribution in [0.1, 0.15) is 0 Å².